The number of nitrogens with one attached hydrogen (secondary N) is 1. The van der Waals surface area contributed by atoms with E-state index in [9.17, 15) is 4.79 Å². The van der Waals surface area contributed by atoms with Gasteiger partial charge in [-0.25, -0.2) is 0 Å². The molecular weight excluding hydrogens is 210 g/mol. The zero-order valence-electron chi connectivity index (χ0n) is 8.49. The van der Waals surface area contributed by atoms with Gasteiger partial charge >= 0.3 is 0 Å². The van der Waals surface area contributed by atoms with Crippen LogP contribution in [0, 0.1) is 11.3 Å². The van der Waals surface area contributed by atoms with Gasteiger partial charge in [0.1, 0.15) is 11.1 Å². The highest BCUT2D eigenvalue weighted by molar-refractivity contribution is 7.14. The summed E-state index contributed by atoms with van der Waals surface area (Å²) in [5, 5.41) is 13.7. The Morgan fingerprint density at radius 2 is 2.53 bits per heavy atom. The number of thiophene rings is 1. The number of rotatable bonds is 4. The van der Waals surface area contributed by atoms with Crippen LogP contribution in [0.2, 0.25) is 0 Å². The fourth-order valence-electron chi connectivity index (χ4n) is 1.14. The van der Waals surface area contributed by atoms with E-state index in [-0.39, 0.29) is 5.91 Å². The molecular formula is C10H13N3OS. The maximum atomic E-state index is 11.5. The van der Waals surface area contributed by atoms with Gasteiger partial charge in [-0.2, -0.15) is 5.26 Å². The summed E-state index contributed by atoms with van der Waals surface area (Å²) in [5.41, 5.74) is 6.13. The zero-order valence-corrected chi connectivity index (χ0v) is 9.30. The molecule has 4 nitrogen and oxygen atoms in total. The molecule has 0 fully saturated rings. The van der Waals surface area contributed by atoms with E-state index in [0.717, 1.165) is 6.42 Å². The van der Waals surface area contributed by atoms with Crippen molar-refractivity contribution in [1.82, 2.24) is 0 Å². The van der Waals surface area contributed by atoms with Gasteiger partial charge in [-0.15, -0.1) is 11.3 Å². The summed E-state index contributed by atoms with van der Waals surface area (Å²) in [7, 11) is 0. The standard InChI is InChI=1S/C10H13N3OS/c1-2-3-8(12)9(14)13-10-7(6-11)4-5-15-10/h4-5,8H,2-3,12H2,1H3,(H,13,14). The molecule has 1 unspecified atom stereocenters. The van der Waals surface area contributed by atoms with Crippen molar-refractivity contribution >= 4 is 22.2 Å². The van der Waals surface area contributed by atoms with Gasteiger partial charge in [-0.05, 0) is 17.9 Å². The molecule has 0 bridgehead atoms. The summed E-state index contributed by atoms with van der Waals surface area (Å²) in [6.45, 7) is 1.97. The Morgan fingerprint density at radius 1 is 1.80 bits per heavy atom. The van der Waals surface area contributed by atoms with Gasteiger partial charge in [0.15, 0.2) is 0 Å². The number of nitrogens with two attached hydrogens (primary N) is 1. The van der Waals surface area contributed by atoms with Gasteiger partial charge in [0.25, 0.3) is 0 Å². The second-order valence-corrected chi connectivity index (χ2v) is 4.08. The van der Waals surface area contributed by atoms with Crippen LogP contribution >= 0.6 is 11.3 Å². The molecule has 15 heavy (non-hydrogen) atoms. The number of nitriles is 1. The van der Waals surface area contributed by atoms with Gasteiger partial charge in [0, 0.05) is 0 Å². The lowest BCUT2D eigenvalue weighted by Gasteiger charge is -2.09. The largest absolute Gasteiger partial charge is 0.320 e. The van der Waals surface area contributed by atoms with Crippen LogP contribution in [0.4, 0.5) is 5.00 Å². The first-order chi connectivity index (χ1) is 7.19. The minimum absolute atomic E-state index is 0.226. The van der Waals surface area contributed by atoms with Crippen molar-refractivity contribution in [3.8, 4) is 6.07 Å². The van der Waals surface area contributed by atoms with Gasteiger partial charge in [-0.1, -0.05) is 13.3 Å². The van der Waals surface area contributed by atoms with Crippen LogP contribution in [0.5, 0.6) is 0 Å². The Kier molecular flexibility index (Phi) is 4.28. The fourth-order valence-corrected chi connectivity index (χ4v) is 1.88. The normalized spacial score (nSPS) is 11.8. The first kappa shape index (κ1) is 11.7. The van der Waals surface area contributed by atoms with E-state index >= 15 is 0 Å². The Balaban J connectivity index is 2.63. The van der Waals surface area contributed by atoms with Crippen LogP contribution in [0.15, 0.2) is 11.4 Å². The smallest absolute Gasteiger partial charge is 0.241 e. The molecule has 0 saturated heterocycles. The van der Waals surface area contributed by atoms with E-state index in [1.807, 2.05) is 13.0 Å². The first-order valence-corrected chi connectivity index (χ1v) is 5.61. The van der Waals surface area contributed by atoms with Crippen molar-refractivity contribution in [1.29, 1.82) is 5.26 Å². The molecule has 0 spiro atoms. The number of amides is 1. The minimum Gasteiger partial charge on any atom is -0.320 e. The van der Waals surface area contributed by atoms with Crippen LogP contribution in [-0.4, -0.2) is 11.9 Å². The SMILES string of the molecule is CCCC(N)C(=O)Nc1sccc1C#N. The molecule has 1 aromatic rings. The minimum atomic E-state index is -0.497. The topological polar surface area (TPSA) is 78.9 Å². The lowest BCUT2D eigenvalue weighted by atomic mass is 10.2. The average Bonchev–Trinajstić information content (AvgIpc) is 2.65. The van der Waals surface area contributed by atoms with E-state index in [2.05, 4.69) is 5.32 Å². The predicted molar refractivity (Wildman–Crippen MR) is 60.5 cm³/mol. The van der Waals surface area contributed by atoms with Crippen molar-refractivity contribution < 1.29 is 4.79 Å². The molecule has 0 saturated carbocycles. The molecule has 5 heteroatoms. The van der Waals surface area contributed by atoms with Gasteiger partial charge < -0.3 is 11.1 Å². The molecule has 0 aromatic carbocycles. The monoisotopic (exact) mass is 223 g/mol. The molecule has 0 aliphatic heterocycles. The number of carbonyl (C=O) groups is 1. The second kappa shape index (κ2) is 5.49. The summed E-state index contributed by atoms with van der Waals surface area (Å²) in [4.78, 5) is 11.5. The van der Waals surface area contributed by atoms with Gasteiger partial charge in [0.05, 0.1) is 11.6 Å². The molecule has 1 aromatic heterocycles. The maximum absolute atomic E-state index is 11.5. The third-order valence-corrected chi connectivity index (χ3v) is 2.79. The molecule has 1 atom stereocenters. The Morgan fingerprint density at radius 3 is 3.13 bits per heavy atom. The van der Waals surface area contributed by atoms with Crippen LogP contribution < -0.4 is 11.1 Å². The highest BCUT2D eigenvalue weighted by atomic mass is 32.1. The molecule has 0 aliphatic carbocycles. The number of nitrogens with zero attached hydrogens (tertiary/aromatic N) is 1. The first-order valence-electron chi connectivity index (χ1n) is 4.73. The van der Waals surface area contributed by atoms with Crippen LogP contribution in [0.25, 0.3) is 0 Å². The second-order valence-electron chi connectivity index (χ2n) is 3.16. The van der Waals surface area contributed by atoms with E-state index in [0.29, 0.717) is 17.0 Å². The fraction of sp³-hybridized carbons (Fsp3) is 0.400. The summed E-state index contributed by atoms with van der Waals surface area (Å²) in [5.74, 6) is -0.226. The van der Waals surface area contributed by atoms with E-state index in [1.54, 1.807) is 11.4 Å². The number of hydrogen-bond acceptors (Lipinski definition) is 4. The average molecular weight is 223 g/mol. The van der Waals surface area contributed by atoms with Crippen LogP contribution in [0.3, 0.4) is 0 Å². The predicted octanol–water partition coefficient (Wildman–Crippen LogP) is 1.69. The molecule has 1 heterocycles. The Hall–Kier alpha value is -1.38. The third-order valence-electron chi connectivity index (χ3n) is 1.96. The summed E-state index contributed by atoms with van der Waals surface area (Å²) in [6.07, 6.45) is 1.52. The van der Waals surface area contributed by atoms with Gasteiger partial charge in [-0.3, -0.25) is 4.79 Å². The van der Waals surface area contributed by atoms with Crippen LogP contribution in [0.1, 0.15) is 25.3 Å². The molecule has 3 N–H and O–H groups in total. The molecule has 80 valence electrons. The lowest BCUT2D eigenvalue weighted by molar-refractivity contribution is -0.117. The summed E-state index contributed by atoms with van der Waals surface area (Å²) in [6, 6.07) is 3.18. The molecule has 1 rings (SSSR count). The van der Waals surface area contributed by atoms with Crippen molar-refractivity contribution in [3.63, 3.8) is 0 Å². The Bertz CT molecular complexity index is 380. The highest BCUT2D eigenvalue weighted by Gasteiger charge is 2.14. The van der Waals surface area contributed by atoms with Crippen molar-refractivity contribution in [3.05, 3.63) is 17.0 Å². The third kappa shape index (κ3) is 3.05. The molecule has 0 radical (unpaired) electrons. The van der Waals surface area contributed by atoms with Crippen LogP contribution in [-0.2, 0) is 4.79 Å². The van der Waals surface area contributed by atoms with Crippen molar-refractivity contribution in [2.75, 3.05) is 5.32 Å². The number of hydrogen-bond donors (Lipinski definition) is 2. The zero-order chi connectivity index (χ0) is 11.3. The highest BCUT2D eigenvalue weighted by Crippen LogP contribution is 2.22. The molecule has 1 amide bonds. The van der Waals surface area contributed by atoms with E-state index in [1.165, 1.54) is 11.3 Å². The molecule has 0 aliphatic rings. The maximum Gasteiger partial charge on any atom is 0.241 e. The summed E-state index contributed by atoms with van der Waals surface area (Å²) >= 11 is 1.33. The lowest BCUT2D eigenvalue weighted by Crippen LogP contribution is -2.35. The van der Waals surface area contributed by atoms with E-state index in [4.69, 9.17) is 11.0 Å². The van der Waals surface area contributed by atoms with Crippen molar-refractivity contribution in [2.45, 2.75) is 25.8 Å². The number of carbonyl (C=O) groups excluding carboxylic acids is 1. The number of anilines is 1. The van der Waals surface area contributed by atoms with Crippen molar-refractivity contribution in [2.24, 2.45) is 5.73 Å². The summed E-state index contributed by atoms with van der Waals surface area (Å²) < 4.78 is 0. The Labute approximate surface area is 92.7 Å². The quantitative estimate of drug-likeness (QED) is 0.815. The van der Waals surface area contributed by atoms with E-state index < -0.39 is 6.04 Å². The van der Waals surface area contributed by atoms with Gasteiger partial charge in [0.2, 0.25) is 5.91 Å².